The van der Waals surface area contributed by atoms with Crippen molar-refractivity contribution in [2.75, 3.05) is 23.3 Å². The van der Waals surface area contributed by atoms with Crippen molar-refractivity contribution >= 4 is 29.2 Å². The number of aliphatic imine (C=N–C) groups is 1. The lowest BCUT2D eigenvalue weighted by molar-refractivity contribution is -0.115. The minimum absolute atomic E-state index is 0.242. The summed E-state index contributed by atoms with van der Waals surface area (Å²) in [7, 11) is 0. The molecule has 5 heteroatoms. The van der Waals surface area contributed by atoms with Crippen molar-refractivity contribution in [1.82, 2.24) is 0 Å². The molecule has 1 fully saturated rings. The smallest absolute Gasteiger partial charge is 0.237 e. The molecule has 0 bridgehead atoms. The summed E-state index contributed by atoms with van der Waals surface area (Å²) in [6.07, 6.45) is 9.08. The Balaban J connectivity index is 1.30. The van der Waals surface area contributed by atoms with Crippen LogP contribution in [0.4, 0.5) is 21.5 Å². The molecule has 5 rings (SSSR count). The van der Waals surface area contributed by atoms with E-state index >= 15 is 0 Å². The van der Waals surface area contributed by atoms with Gasteiger partial charge in [-0.2, -0.15) is 0 Å². The highest BCUT2D eigenvalue weighted by atomic mass is 19.1. The molecular formula is C24H24FN3O. The molecule has 0 radical (unpaired) electrons. The quantitative estimate of drug-likeness (QED) is 0.579. The Morgan fingerprint density at radius 3 is 2.86 bits per heavy atom. The molecule has 1 N–H and O–H groups in total. The van der Waals surface area contributed by atoms with Crippen LogP contribution in [0.5, 0.6) is 0 Å². The highest BCUT2D eigenvalue weighted by Gasteiger charge is 2.32. The highest BCUT2D eigenvalue weighted by molar-refractivity contribution is 6.12. The third-order valence-corrected chi connectivity index (χ3v) is 6.30. The summed E-state index contributed by atoms with van der Waals surface area (Å²) in [5.41, 5.74) is 4.46. The van der Waals surface area contributed by atoms with Gasteiger partial charge in [-0.1, -0.05) is 17.7 Å². The van der Waals surface area contributed by atoms with Crippen molar-refractivity contribution in [3.05, 3.63) is 65.5 Å². The molecule has 0 spiro atoms. The second-order valence-electron chi connectivity index (χ2n) is 8.08. The van der Waals surface area contributed by atoms with Crippen LogP contribution in [-0.2, 0) is 4.79 Å². The Morgan fingerprint density at radius 2 is 2.00 bits per heavy atom. The number of amides is 1. The number of piperidine rings is 1. The molecule has 2 heterocycles. The molecule has 1 saturated heterocycles. The van der Waals surface area contributed by atoms with E-state index in [-0.39, 0.29) is 11.7 Å². The van der Waals surface area contributed by atoms with Crippen molar-refractivity contribution in [2.24, 2.45) is 10.9 Å². The topological polar surface area (TPSA) is 44.7 Å². The molecular weight excluding hydrogens is 365 g/mol. The normalized spacial score (nSPS) is 23.6. The largest absolute Gasteiger partial charge is 0.368 e. The van der Waals surface area contributed by atoms with E-state index in [0.717, 1.165) is 24.7 Å². The molecule has 2 aromatic carbocycles. The van der Waals surface area contributed by atoms with Crippen molar-refractivity contribution in [3.8, 4) is 0 Å². The fraction of sp³-hybridized carbons (Fsp3) is 0.333. The predicted molar refractivity (Wildman–Crippen MR) is 115 cm³/mol. The first-order chi connectivity index (χ1) is 14.2. The number of benzene rings is 2. The van der Waals surface area contributed by atoms with Crippen LogP contribution in [0, 0.1) is 11.7 Å². The third kappa shape index (κ3) is 3.46. The number of carbonyl (C=O) groups is 1. The van der Waals surface area contributed by atoms with E-state index in [1.54, 1.807) is 17.7 Å². The number of halogens is 1. The van der Waals surface area contributed by atoms with Crippen molar-refractivity contribution < 1.29 is 9.18 Å². The maximum atomic E-state index is 14.2. The third-order valence-electron chi connectivity index (χ3n) is 6.30. The highest BCUT2D eigenvalue weighted by Crippen LogP contribution is 2.35. The summed E-state index contributed by atoms with van der Waals surface area (Å²) in [5, 5.41) is 2.72. The average Bonchev–Trinajstić information content (AvgIpc) is 3.08. The molecule has 2 aliphatic heterocycles. The molecule has 0 aromatic heterocycles. The first-order valence-electron chi connectivity index (χ1n) is 10.4. The Bertz CT molecular complexity index is 996. The lowest BCUT2D eigenvalue weighted by atomic mass is 9.82. The molecule has 29 heavy (non-hydrogen) atoms. The summed E-state index contributed by atoms with van der Waals surface area (Å²) >= 11 is 0. The zero-order valence-electron chi connectivity index (χ0n) is 16.3. The molecule has 3 aliphatic rings. The summed E-state index contributed by atoms with van der Waals surface area (Å²) in [6.45, 7) is 2.11. The monoisotopic (exact) mass is 389 g/mol. The summed E-state index contributed by atoms with van der Waals surface area (Å²) in [5.74, 6) is -0.532. The number of allylic oxidation sites excluding steroid dienone is 1. The fourth-order valence-electron chi connectivity index (χ4n) is 4.71. The minimum atomic E-state index is -0.692. The van der Waals surface area contributed by atoms with Crippen LogP contribution in [0.2, 0.25) is 0 Å². The average molecular weight is 389 g/mol. The van der Waals surface area contributed by atoms with E-state index in [9.17, 15) is 9.18 Å². The Kier molecular flexibility index (Phi) is 4.66. The van der Waals surface area contributed by atoms with Crippen molar-refractivity contribution in [3.63, 3.8) is 0 Å². The van der Waals surface area contributed by atoms with E-state index in [2.05, 4.69) is 33.4 Å². The van der Waals surface area contributed by atoms with Gasteiger partial charge < -0.3 is 10.2 Å². The van der Waals surface area contributed by atoms with Gasteiger partial charge in [0.15, 0.2) is 0 Å². The lowest BCUT2D eigenvalue weighted by Gasteiger charge is -2.37. The van der Waals surface area contributed by atoms with Crippen molar-refractivity contribution in [2.45, 2.75) is 31.6 Å². The fourth-order valence-corrected chi connectivity index (χ4v) is 4.71. The van der Waals surface area contributed by atoms with Crippen LogP contribution in [0.1, 0.15) is 37.2 Å². The van der Waals surface area contributed by atoms with Gasteiger partial charge in [0, 0.05) is 36.2 Å². The van der Waals surface area contributed by atoms with Crippen LogP contribution < -0.4 is 10.2 Å². The zero-order valence-corrected chi connectivity index (χ0v) is 16.3. The number of nitrogens with zero attached hydrogens (tertiary/aromatic N) is 2. The molecule has 1 aliphatic carbocycles. The molecule has 2 unspecified atom stereocenters. The van der Waals surface area contributed by atoms with Gasteiger partial charge >= 0.3 is 0 Å². The van der Waals surface area contributed by atoms with E-state index in [4.69, 9.17) is 0 Å². The predicted octanol–water partition coefficient (Wildman–Crippen LogP) is 5.20. The number of nitrogens with one attached hydrogen (secondary N) is 1. The minimum Gasteiger partial charge on any atom is -0.368 e. The zero-order chi connectivity index (χ0) is 19.8. The van der Waals surface area contributed by atoms with Gasteiger partial charge in [-0.05, 0) is 68.0 Å². The number of carbonyl (C=O) groups excluding carboxylic acids is 1. The SMILES string of the molecule is O=C1Nc2cccc(F)c2C1C=Nc1ccc(N2CCC3CCCC=C3C2)cc1. The summed E-state index contributed by atoms with van der Waals surface area (Å²) in [6, 6.07) is 12.8. The summed E-state index contributed by atoms with van der Waals surface area (Å²) < 4.78 is 14.2. The Morgan fingerprint density at radius 1 is 1.14 bits per heavy atom. The van der Waals surface area contributed by atoms with Gasteiger partial charge in [-0.25, -0.2) is 4.39 Å². The van der Waals surface area contributed by atoms with Crippen LogP contribution in [-0.4, -0.2) is 25.2 Å². The first kappa shape index (κ1) is 18.1. The van der Waals surface area contributed by atoms with Gasteiger partial charge in [0.2, 0.25) is 5.91 Å². The number of anilines is 2. The van der Waals surface area contributed by atoms with Gasteiger partial charge in [-0.15, -0.1) is 0 Å². The number of hydrogen-bond donors (Lipinski definition) is 1. The Hall–Kier alpha value is -2.95. The first-order valence-corrected chi connectivity index (χ1v) is 10.4. The van der Waals surface area contributed by atoms with E-state index in [1.165, 1.54) is 43.7 Å². The maximum absolute atomic E-state index is 14.2. The van der Waals surface area contributed by atoms with Crippen LogP contribution >= 0.6 is 0 Å². The van der Waals surface area contributed by atoms with Gasteiger partial charge in [0.25, 0.3) is 0 Å². The second-order valence-corrected chi connectivity index (χ2v) is 8.08. The van der Waals surface area contributed by atoms with Crippen LogP contribution in [0.3, 0.4) is 0 Å². The van der Waals surface area contributed by atoms with Gasteiger partial charge in [-0.3, -0.25) is 9.79 Å². The lowest BCUT2D eigenvalue weighted by Crippen LogP contribution is -2.36. The molecule has 1 amide bonds. The van der Waals surface area contributed by atoms with Gasteiger partial charge in [0.1, 0.15) is 11.7 Å². The van der Waals surface area contributed by atoms with Crippen LogP contribution in [0.15, 0.2) is 59.1 Å². The molecule has 0 saturated carbocycles. The number of rotatable bonds is 3. The molecule has 4 nitrogen and oxygen atoms in total. The van der Waals surface area contributed by atoms with E-state index in [0.29, 0.717) is 11.3 Å². The number of hydrogen-bond acceptors (Lipinski definition) is 3. The van der Waals surface area contributed by atoms with Crippen LogP contribution in [0.25, 0.3) is 0 Å². The molecule has 2 aromatic rings. The Labute approximate surface area is 170 Å². The molecule has 148 valence electrons. The van der Waals surface area contributed by atoms with E-state index in [1.807, 2.05) is 12.1 Å². The second kappa shape index (κ2) is 7.47. The van der Waals surface area contributed by atoms with Crippen molar-refractivity contribution in [1.29, 1.82) is 0 Å². The molecule has 2 atom stereocenters. The van der Waals surface area contributed by atoms with E-state index < -0.39 is 5.92 Å². The summed E-state index contributed by atoms with van der Waals surface area (Å²) in [4.78, 5) is 19.1. The van der Waals surface area contributed by atoms with Gasteiger partial charge in [0.05, 0.1) is 5.69 Å². The number of fused-ring (bicyclic) bond motifs is 2. The standard InChI is InChI=1S/C24H24FN3O/c25-21-6-3-7-22-23(21)20(24(29)27-22)14-26-18-8-10-19(11-9-18)28-13-12-16-4-1-2-5-17(16)15-28/h3,5-11,14,16,20H,1-2,4,12-13,15H2,(H,27,29). The maximum Gasteiger partial charge on any atom is 0.237 e.